The fourth-order valence-corrected chi connectivity index (χ4v) is 5.29. The number of nitrogens with zero attached hydrogens (tertiary/aromatic N) is 1. The minimum atomic E-state index is 0.377. The number of likely N-dealkylation sites (N-methyl/N-ethyl adjacent to an activating group) is 1. The van der Waals surface area contributed by atoms with E-state index in [4.69, 9.17) is 0 Å². The van der Waals surface area contributed by atoms with E-state index in [1.165, 1.54) is 56.2 Å². The number of fused-ring (bicyclic) bond motifs is 1. The first-order valence-corrected chi connectivity index (χ1v) is 8.03. The van der Waals surface area contributed by atoms with Crippen LogP contribution < -0.4 is 0 Å². The summed E-state index contributed by atoms with van der Waals surface area (Å²) in [7, 11) is 2.30. The van der Waals surface area contributed by atoms with Crippen LogP contribution in [0.1, 0.15) is 53.6 Å². The van der Waals surface area contributed by atoms with Crippen LogP contribution in [0.5, 0.6) is 0 Å². The van der Waals surface area contributed by atoms with E-state index < -0.39 is 0 Å². The molecule has 0 N–H and O–H groups in total. The smallest absolute Gasteiger partial charge is 0.150 e. The molecule has 2 bridgehead atoms. The predicted octanol–water partition coefficient (Wildman–Crippen LogP) is 3.19. The fourth-order valence-electron chi connectivity index (χ4n) is 5.29. The van der Waals surface area contributed by atoms with Crippen LogP contribution >= 0.6 is 0 Å². The molecule has 1 saturated heterocycles. The van der Waals surface area contributed by atoms with Crippen molar-refractivity contribution >= 4 is 6.29 Å². The van der Waals surface area contributed by atoms with Gasteiger partial charge in [-0.2, -0.15) is 0 Å². The van der Waals surface area contributed by atoms with Gasteiger partial charge in [-0.05, 0) is 62.4 Å². The summed E-state index contributed by atoms with van der Waals surface area (Å²) in [5.41, 5.74) is 4.27. The molecule has 3 aliphatic rings. The van der Waals surface area contributed by atoms with Crippen molar-refractivity contribution in [1.29, 1.82) is 0 Å². The Morgan fingerprint density at radius 1 is 1.30 bits per heavy atom. The van der Waals surface area contributed by atoms with E-state index in [0.717, 1.165) is 23.8 Å². The summed E-state index contributed by atoms with van der Waals surface area (Å²) >= 11 is 0. The van der Waals surface area contributed by atoms with Crippen LogP contribution in [0.25, 0.3) is 0 Å². The average molecular weight is 269 g/mol. The monoisotopic (exact) mass is 269 g/mol. The van der Waals surface area contributed by atoms with Crippen molar-refractivity contribution < 1.29 is 4.79 Å². The third kappa shape index (κ3) is 1.57. The third-order valence-electron chi connectivity index (χ3n) is 6.27. The maximum absolute atomic E-state index is 11.2. The summed E-state index contributed by atoms with van der Waals surface area (Å²) in [6.45, 7) is 1.21. The number of carbonyl (C=O) groups excluding carboxylic acids is 1. The number of carbonyl (C=O) groups is 1. The largest absolute Gasteiger partial charge is 0.303 e. The minimum absolute atomic E-state index is 0.377. The van der Waals surface area contributed by atoms with Gasteiger partial charge < -0.3 is 4.90 Å². The average Bonchev–Trinajstić information content (AvgIpc) is 2.50. The Morgan fingerprint density at radius 2 is 2.20 bits per heavy atom. The van der Waals surface area contributed by atoms with E-state index in [0.29, 0.717) is 5.41 Å². The highest BCUT2D eigenvalue weighted by Gasteiger charge is 2.52. The summed E-state index contributed by atoms with van der Waals surface area (Å²) in [4.78, 5) is 13.8. The molecule has 2 aliphatic carbocycles. The van der Waals surface area contributed by atoms with Gasteiger partial charge in [0.05, 0.1) is 0 Å². The van der Waals surface area contributed by atoms with Crippen LogP contribution in [0.2, 0.25) is 0 Å². The summed E-state index contributed by atoms with van der Waals surface area (Å²) in [6, 6.07) is 7.15. The number of rotatable bonds is 1. The summed E-state index contributed by atoms with van der Waals surface area (Å²) in [5, 5.41) is 0. The van der Waals surface area contributed by atoms with E-state index in [-0.39, 0.29) is 0 Å². The zero-order valence-electron chi connectivity index (χ0n) is 12.3. The standard InChI is InChI=1S/C18H23NO/c1-19-9-8-18-7-3-2-4-15(18)17(19)11-14-6-5-13(12-20)10-16(14)18/h5-6,10,12,15,17H,2-4,7-9,11H2,1H3/t15-,17+,18+/m1/s1. The van der Waals surface area contributed by atoms with Gasteiger partial charge in [-0.15, -0.1) is 0 Å². The molecule has 106 valence electrons. The number of piperidine rings is 1. The lowest BCUT2D eigenvalue weighted by Gasteiger charge is -2.58. The Balaban J connectivity index is 1.90. The van der Waals surface area contributed by atoms with Crippen LogP contribution in [-0.4, -0.2) is 30.8 Å². The first kappa shape index (κ1) is 12.6. The molecule has 1 saturated carbocycles. The van der Waals surface area contributed by atoms with Crippen LogP contribution in [0.3, 0.4) is 0 Å². The summed E-state index contributed by atoms with van der Waals surface area (Å²) in [6.07, 6.45) is 8.92. The van der Waals surface area contributed by atoms with Gasteiger partial charge in [0.25, 0.3) is 0 Å². The normalized spacial score (nSPS) is 36.0. The first-order chi connectivity index (χ1) is 9.74. The zero-order chi connectivity index (χ0) is 13.7. The highest BCUT2D eigenvalue weighted by molar-refractivity contribution is 5.75. The topological polar surface area (TPSA) is 20.3 Å². The second-order valence-electron chi connectivity index (χ2n) is 7.04. The quantitative estimate of drug-likeness (QED) is 0.730. The molecule has 1 heterocycles. The van der Waals surface area contributed by atoms with Gasteiger partial charge in [-0.3, -0.25) is 4.79 Å². The fraction of sp³-hybridized carbons (Fsp3) is 0.611. The van der Waals surface area contributed by atoms with Crippen molar-refractivity contribution in [2.45, 2.75) is 50.0 Å². The molecule has 0 unspecified atom stereocenters. The Labute approximate surface area is 121 Å². The van der Waals surface area contributed by atoms with Crippen LogP contribution in [0.15, 0.2) is 18.2 Å². The van der Waals surface area contributed by atoms with E-state index in [9.17, 15) is 4.79 Å². The number of benzene rings is 1. The van der Waals surface area contributed by atoms with Gasteiger partial charge in [-0.25, -0.2) is 0 Å². The van der Waals surface area contributed by atoms with Crippen molar-refractivity contribution in [3.05, 3.63) is 34.9 Å². The second kappa shape index (κ2) is 4.42. The summed E-state index contributed by atoms with van der Waals surface area (Å²) < 4.78 is 0. The Bertz CT molecular complexity index is 552. The molecule has 0 spiro atoms. The van der Waals surface area contributed by atoms with E-state index in [2.05, 4.69) is 24.1 Å². The van der Waals surface area contributed by atoms with Gasteiger partial charge >= 0.3 is 0 Å². The number of aldehydes is 1. The van der Waals surface area contributed by atoms with Gasteiger partial charge in [0.2, 0.25) is 0 Å². The molecule has 1 aromatic rings. The highest BCUT2D eigenvalue weighted by atomic mass is 16.1. The molecule has 1 aliphatic heterocycles. The molecule has 20 heavy (non-hydrogen) atoms. The SMILES string of the molecule is CN1CC[C@@]23CCCC[C@@H]2[C@@H]1Cc1ccc(C=O)cc13. The van der Waals surface area contributed by atoms with E-state index >= 15 is 0 Å². The van der Waals surface area contributed by atoms with Gasteiger partial charge in [0.1, 0.15) is 6.29 Å². The first-order valence-electron chi connectivity index (χ1n) is 8.03. The molecule has 0 amide bonds. The minimum Gasteiger partial charge on any atom is -0.303 e. The number of likely N-dealkylation sites (tertiary alicyclic amines) is 1. The number of hydrogen-bond donors (Lipinski definition) is 0. The van der Waals surface area contributed by atoms with Crippen molar-refractivity contribution in [1.82, 2.24) is 4.90 Å². The van der Waals surface area contributed by atoms with Crippen molar-refractivity contribution in [3.63, 3.8) is 0 Å². The van der Waals surface area contributed by atoms with Crippen LogP contribution in [-0.2, 0) is 11.8 Å². The second-order valence-corrected chi connectivity index (χ2v) is 7.04. The van der Waals surface area contributed by atoms with Gasteiger partial charge in [0, 0.05) is 17.0 Å². The van der Waals surface area contributed by atoms with Crippen LogP contribution in [0.4, 0.5) is 0 Å². The maximum atomic E-state index is 11.2. The van der Waals surface area contributed by atoms with Gasteiger partial charge in [0.15, 0.2) is 0 Å². The molecule has 0 aromatic heterocycles. The van der Waals surface area contributed by atoms with Gasteiger partial charge in [-0.1, -0.05) is 25.0 Å². The lowest BCUT2D eigenvalue weighted by atomic mass is 9.52. The Kier molecular flexibility index (Phi) is 2.78. The van der Waals surface area contributed by atoms with Crippen molar-refractivity contribution in [3.8, 4) is 0 Å². The molecule has 2 fully saturated rings. The molecule has 4 rings (SSSR count). The van der Waals surface area contributed by atoms with Crippen molar-refractivity contribution in [2.75, 3.05) is 13.6 Å². The highest BCUT2D eigenvalue weighted by Crippen LogP contribution is 2.55. The van der Waals surface area contributed by atoms with Crippen LogP contribution in [0, 0.1) is 5.92 Å². The zero-order valence-corrected chi connectivity index (χ0v) is 12.3. The maximum Gasteiger partial charge on any atom is 0.150 e. The van der Waals surface area contributed by atoms with Crippen molar-refractivity contribution in [2.24, 2.45) is 5.92 Å². The molecule has 3 atom stereocenters. The van der Waals surface area contributed by atoms with E-state index in [1.54, 1.807) is 0 Å². The molecule has 0 radical (unpaired) electrons. The molecule has 1 aromatic carbocycles. The molecular weight excluding hydrogens is 246 g/mol. The predicted molar refractivity (Wildman–Crippen MR) is 80.2 cm³/mol. The third-order valence-corrected chi connectivity index (χ3v) is 6.27. The van der Waals surface area contributed by atoms with E-state index in [1.807, 2.05) is 6.07 Å². The summed E-state index contributed by atoms with van der Waals surface area (Å²) in [5.74, 6) is 0.810. The molecule has 2 nitrogen and oxygen atoms in total. The molecule has 2 heteroatoms. The lowest BCUT2D eigenvalue weighted by Crippen LogP contribution is -2.59. The Hall–Kier alpha value is -1.15. The Morgan fingerprint density at radius 3 is 3.05 bits per heavy atom. The molecular formula is C18H23NO. The lowest BCUT2D eigenvalue weighted by molar-refractivity contribution is 0.00284. The number of hydrogen-bond acceptors (Lipinski definition) is 2.